The average Bonchev–Trinajstić information content (AvgIpc) is 2.83. The number of imide groups is 1. The first kappa shape index (κ1) is 16.2. The molecule has 2 heterocycles. The van der Waals surface area contributed by atoms with Crippen LogP contribution in [0.1, 0.15) is 11.3 Å². The molecule has 0 saturated carbocycles. The summed E-state index contributed by atoms with van der Waals surface area (Å²) < 4.78 is 0.823. The standard InChI is InChI=1S/C13H19ClN4O2S/c14-11-2-1-10(21-11)9-18-7-5-17(6-8-18)4-3-12(19)16-13(15)20/h1-2H,3-9H2,(H3,15,16,19,20). The van der Waals surface area contributed by atoms with Crippen molar-refractivity contribution in [3.63, 3.8) is 0 Å². The third-order valence-electron chi connectivity index (χ3n) is 3.39. The van der Waals surface area contributed by atoms with Crippen LogP contribution in [-0.4, -0.2) is 54.5 Å². The summed E-state index contributed by atoms with van der Waals surface area (Å²) in [6.45, 7) is 5.34. The number of nitrogens with zero attached hydrogens (tertiary/aromatic N) is 2. The first-order chi connectivity index (χ1) is 10.0. The van der Waals surface area contributed by atoms with Gasteiger partial charge in [-0.05, 0) is 12.1 Å². The second kappa shape index (κ2) is 7.74. The zero-order valence-corrected chi connectivity index (χ0v) is 13.3. The summed E-state index contributed by atoms with van der Waals surface area (Å²) in [6.07, 6.45) is 0.295. The fourth-order valence-electron chi connectivity index (χ4n) is 2.29. The molecular formula is C13H19ClN4O2S. The van der Waals surface area contributed by atoms with E-state index in [9.17, 15) is 9.59 Å². The van der Waals surface area contributed by atoms with E-state index in [-0.39, 0.29) is 5.91 Å². The number of amides is 3. The lowest BCUT2D eigenvalue weighted by atomic mass is 10.2. The highest BCUT2D eigenvalue weighted by atomic mass is 35.5. The molecule has 1 saturated heterocycles. The minimum Gasteiger partial charge on any atom is -0.351 e. The van der Waals surface area contributed by atoms with Crippen LogP contribution in [0.15, 0.2) is 12.1 Å². The van der Waals surface area contributed by atoms with Crippen LogP contribution in [0.5, 0.6) is 0 Å². The van der Waals surface area contributed by atoms with E-state index in [1.807, 2.05) is 6.07 Å². The number of carbonyl (C=O) groups is 2. The van der Waals surface area contributed by atoms with Gasteiger partial charge in [0, 0.05) is 50.6 Å². The van der Waals surface area contributed by atoms with E-state index in [0.29, 0.717) is 13.0 Å². The molecule has 21 heavy (non-hydrogen) atoms. The van der Waals surface area contributed by atoms with Crippen LogP contribution in [0.3, 0.4) is 0 Å². The second-order valence-corrected chi connectivity index (χ2v) is 6.79. The zero-order chi connectivity index (χ0) is 15.2. The maximum absolute atomic E-state index is 11.3. The van der Waals surface area contributed by atoms with Crippen molar-refractivity contribution in [3.05, 3.63) is 21.3 Å². The quantitative estimate of drug-likeness (QED) is 0.847. The Kier molecular flexibility index (Phi) is 5.98. The molecule has 0 atom stereocenters. The Hall–Kier alpha value is -1.15. The molecule has 0 spiro atoms. The monoisotopic (exact) mass is 330 g/mol. The van der Waals surface area contributed by atoms with Gasteiger partial charge in [-0.1, -0.05) is 11.6 Å². The van der Waals surface area contributed by atoms with Gasteiger partial charge in [-0.25, -0.2) is 4.79 Å². The fourth-order valence-corrected chi connectivity index (χ4v) is 3.42. The van der Waals surface area contributed by atoms with Crippen molar-refractivity contribution in [1.29, 1.82) is 0 Å². The molecule has 116 valence electrons. The number of rotatable bonds is 5. The van der Waals surface area contributed by atoms with Crippen LogP contribution in [0, 0.1) is 0 Å². The normalized spacial score (nSPS) is 16.8. The predicted molar refractivity (Wildman–Crippen MR) is 83.4 cm³/mol. The van der Waals surface area contributed by atoms with Crippen molar-refractivity contribution >= 4 is 34.9 Å². The smallest absolute Gasteiger partial charge is 0.318 e. The molecule has 6 nitrogen and oxygen atoms in total. The van der Waals surface area contributed by atoms with E-state index in [1.165, 1.54) is 4.88 Å². The van der Waals surface area contributed by atoms with Crippen LogP contribution in [0.4, 0.5) is 4.79 Å². The zero-order valence-electron chi connectivity index (χ0n) is 11.7. The van der Waals surface area contributed by atoms with Crippen LogP contribution < -0.4 is 11.1 Å². The summed E-state index contributed by atoms with van der Waals surface area (Å²) in [6, 6.07) is 3.20. The lowest BCUT2D eigenvalue weighted by molar-refractivity contribution is -0.120. The van der Waals surface area contributed by atoms with E-state index >= 15 is 0 Å². The number of nitrogens with two attached hydrogens (primary N) is 1. The predicted octanol–water partition coefficient (Wildman–Crippen LogP) is 1.10. The number of primary amides is 1. The molecule has 2 rings (SSSR count). The molecular weight excluding hydrogens is 312 g/mol. The van der Waals surface area contributed by atoms with Gasteiger partial charge >= 0.3 is 6.03 Å². The van der Waals surface area contributed by atoms with Gasteiger partial charge in [0.05, 0.1) is 4.34 Å². The second-order valence-electron chi connectivity index (χ2n) is 4.99. The number of halogens is 1. The van der Waals surface area contributed by atoms with Crippen molar-refractivity contribution < 1.29 is 9.59 Å². The van der Waals surface area contributed by atoms with Crippen molar-refractivity contribution in [2.24, 2.45) is 5.73 Å². The molecule has 1 fully saturated rings. The maximum atomic E-state index is 11.3. The van der Waals surface area contributed by atoms with Gasteiger partial charge in [0.1, 0.15) is 0 Å². The topological polar surface area (TPSA) is 78.7 Å². The molecule has 3 N–H and O–H groups in total. The van der Waals surface area contributed by atoms with E-state index in [1.54, 1.807) is 11.3 Å². The van der Waals surface area contributed by atoms with Gasteiger partial charge in [0.25, 0.3) is 0 Å². The third-order valence-corrected chi connectivity index (χ3v) is 4.61. The Morgan fingerprint density at radius 1 is 1.24 bits per heavy atom. The van der Waals surface area contributed by atoms with Crippen LogP contribution in [0.2, 0.25) is 4.34 Å². The lowest BCUT2D eigenvalue weighted by Crippen LogP contribution is -2.47. The van der Waals surface area contributed by atoms with Crippen molar-refractivity contribution in [1.82, 2.24) is 15.1 Å². The van der Waals surface area contributed by atoms with E-state index in [2.05, 4.69) is 21.2 Å². The summed E-state index contributed by atoms with van der Waals surface area (Å²) in [5.74, 6) is -0.321. The average molecular weight is 331 g/mol. The molecule has 8 heteroatoms. The molecule has 1 aliphatic heterocycles. The van der Waals surface area contributed by atoms with Crippen LogP contribution in [0.25, 0.3) is 0 Å². The highest BCUT2D eigenvalue weighted by Crippen LogP contribution is 2.23. The van der Waals surface area contributed by atoms with Gasteiger partial charge in [0.15, 0.2) is 0 Å². The summed E-state index contributed by atoms with van der Waals surface area (Å²) in [5, 5.41) is 2.08. The molecule has 0 radical (unpaired) electrons. The number of hydrogen-bond donors (Lipinski definition) is 2. The van der Waals surface area contributed by atoms with Crippen molar-refractivity contribution in [3.8, 4) is 0 Å². The van der Waals surface area contributed by atoms with Gasteiger partial charge in [-0.15, -0.1) is 11.3 Å². The number of nitrogens with one attached hydrogen (secondary N) is 1. The maximum Gasteiger partial charge on any atom is 0.318 e. The van der Waals surface area contributed by atoms with Gasteiger partial charge in [-0.2, -0.15) is 0 Å². The largest absolute Gasteiger partial charge is 0.351 e. The summed E-state index contributed by atoms with van der Waals surface area (Å²) in [7, 11) is 0. The van der Waals surface area contributed by atoms with E-state index < -0.39 is 6.03 Å². The minimum atomic E-state index is -0.792. The minimum absolute atomic E-state index is 0.295. The number of hydrogen-bond acceptors (Lipinski definition) is 5. The highest BCUT2D eigenvalue weighted by molar-refractivity contribution is 7.16. The first-order valence-corrected chi connectivity index (χ1v) is 8.00. The highest BCUT2D eigenvalue weighted by Gasteiger charge is 2.18. The van der Waals surface area contributed by atoms with Gasteiger partial charge in [-0.3, -0.25) is 15.0 Å². The Bertz CT molecular complexity index is 500. The number of urea groups is 1. The number of piperazine rings is 1. The fraction of sp³-hybridized carbons (Fsp3) is 0.538. The van der Waals surface area contributed by atoms with Gasteiger partial charge < -0.3 is 10.6 Å². The SMILES string of the molecule is NC(=O)NC(=O)CCN1CCN(Cc2ccc(Cl)s2)CC1. The molecule has 0 aliphatic carbocycles. The van der Waals surface area contributed by atoms with Gasteiger partial charge in [0.2, 0.25) is 5.91 Å². The Morgan fingerprint density at radius 3 is 2.48 bits per heavy atom. The summed E-state index contributed by atoms with van der Waals surface area (Å²) >= 11 is 7.54. The molecule has 3 amide bonds. The van der Waals surface area contributed by atoms with Crippen LogP contribution >= 0.6 is 22.9 Å². The van der Waals surface area contributed by atoms with Crippen molar-refractivity contribution in [2.45, 2.75) is 13.0 Å². The molecule has 1 aromatic heterocycles. The number of carbonyl (C=O) groups excluding carboxylic acids is 2. The van der Waals surface area contributed by atoms with E-state index in [4.69, 9.17) is 17.3 Å². The first-order valence-electron chi connectivity index (χ1n) is 6.81. The Morgan fingerprint density at radius 2 is 1.90 bits per heavy atom. The molecule has 0 unspecified atom stereocenters. The third kappa shape index (κ3) is 5.62. The summed E-state index contributed by atoms with van der Waals surface area (Å²) in [4.78, 5) is 27.8. The Labute approximate surface area is 132 Å². The van der Waals surface area contributed by atoms with E-state index in [0.717, 1.165) is 37.1 Å². The molecule has 1 aromatic rings. The number of thiophene rings is 1. The summed E-state index contributed by atoms with van der Waals surface area (Å²) in [5.41, 5.74) is 4.90. The molecule has 0 aromatic carbocycles. The Balaban J connectivity index is 1.66. The lowest BCUT2D eigenvalue weighted by Gasteiger charge is -2.34. The van der Waals surface area contributed by atoms with Crippen molar-refractivity contribution in [2.75, 3.05) is 32.7 Å². The molecule has 0 bridgehead atoms. The molecule has 1 aliphatic rings. The van der Waals surface area contributed by atoms with Crippen LogP contribution in [-0.2, 0) is 11.3 Å².